The molecule has 2 rings (SSSR count). The van der Waals surface area contributed by atoms with Gasteiger partial charge in [0.25, 0.3) is 5.91 Å². The van der Waals surface area contributed by atoms with Crippen molar-refractivity contribution in [2.45, 2.75) is 11.8 Å². The maximum Gasteiger partial charge on any atom is 0.340 e. The van der Waals surface area contributed by atoms with E-state index in [1.165, 1.54) is 41.3 Å². The number of benzene rings is 2. The van der Waals surface area contributed by atoms with Crippen molar-refractivity contribution in [2.75, 3.05) is 24.3 Å². The maximum atomic E-state index is 13.0. The van der Waals surface area contributed by atoms with Gasteiger partial charge in [0, 0.05) is 18.5 Å². The molecule has 9 heteroatoms. The minimum Gasteiger partial charge on any atom is -0.452 e. The van der Waals surface area contributed by atoms with Crippen molar-refractivity contribution < 1.29 is 27.1 Å². The standard InChI is InChI=1S/C18H17ClFNO5S/c1-3-21(13-6-4-12(20)5-7-13)17(22)11-26-18(23)15-10-14(27(2,24)25)8-9-16(15)19/h4-10H,3,11H2,1-2H3. The van der Waals surface area contributed by atoms with Gasteiger partial charge in [-0.25, -0.2) is 17.6 Å². The van der Waals surface area contributed by atoms with Gasteiger partial charge in [0.2, 0.25) is 0 Å². The van der Waals surface area contributed by atoms with Crippen molar-refractivity contribution in [1.29, 1.82) is 0 Å². The lowest BCUT2D eigenvalue weighted by Gasteiger charge is -2.21. The summed E-state index contributed by atoms with van der Waals surface area (Å²) < 4.78 is 41.2. The molecule has 0 aromatic heterocycles. The van der Waals surface area contributed by atoms with Crippen molar-refractivity contribution in [3.8, 4) is 0 Å². The summed E-state index contributed by atoms with van der Waals surface area (Å²) in [6, 6.07) is 8.94. The van der Waals surface area contributed by atoms with Crippen LogP contribution in [0.5, 0.6) is 0 Å². The van der Waals surface area contributed by atoms with Gasteiger partial charge in [-0.3, -0.25) is 4.79 Å². The molecule has 0 aliphatic heterocycles. The van der Waals surface area contributed by atoms with Gasteiger partial charge < -0.3 is 9.64 Å². The summed E-state index contributed by atoms with van der Waals surface area (Å²) in [4.78, 5) is 25.8. The Labute approximate surface area is 161 Å². The molecule has 0 aliphatic rings. The number of esters is 1. The van der Waals surface area contributed by atoms with Crippen LogP contribution in [0.2, 0.25) is 5.02 Å². The summed E-state index contributed by atoms with van der Waals surface area (Å²) in [5, 5.41) is 0.00531. The van der Waals surface area contributed by atoms with Crippen LogP contribution in [-0.2, 0) is 19.4 Å². The van der Waals surface area contributed by atoms with Crippen molar-refractivity contribution >= 4 is 39.0 Å². The van der Waals surface area contributed by atoms with Gasteiger partial charge in [0.1, 0.15) is 5.82 Å². The number of hydrogen-bond donors (Lipinski definition) is 0. The molecular formula is C18H17ClFNO5S. The number of halogens is 2. The molecule has 0 N–H and O–H groups in total. The third-order valence-electron chi connectivity index (χ3n) is 3.67. The Hall–Kier alpha value is -2.45. The first-order valence-corrected chi connectivity index (χ1v) is 10.1. The average molecular weight is 414 g/mol. The van der Waals surface area contributed by atoms with Crippen LogP contribution in [0, 0.1) is 5.82 Å². The van der Waals surface area contributed by atoms with Gasteiger partial charge >= 0.3 is 5.97 Å². The maximum absolute atomic E-state index is 13.0. The minimum absolute atomic E-state index is 0.00531. The summed E-state index contributed by atoms with van der Waals surface area (Å²) in [5.41, 5.74) is 0.300. The second kappa shape index (κ2) is 8.49. The van der Waals surface area contributed by atoms with Crippen molar-refractivity contribution in [2.24, 2.45) is 0 Å². The Morgan fingerprint density at radius 3 is 2.33 bits per heavy atom. The normalized spacial score (nSPS) is 11.1. The van der Waals surface area contributed by atoms with Gasteiger partial charge in [0.05, 0.1) is 15.5 Å². The van der Waals surface area contributed by atoms with E-state index in [1.54, 1.807) is 6.92 Å². The fourth-order valence-corrected chi connectivity index (χ4v) is 3.14. The molecule has 0 atom stereocenters. The van der Waals surface area contributed by atoms with Gasteiger partial charge in [-0.05, 0) is 49.4 Å². The zero-order chi connectivity index (χ0) is 20.2. The monoisotopic (exact) mass is 413 g/mol. The van der Waals surface area contributed by atoms with Crippen LogP contribution in [0.3, 0.4) is 0 Å². The highest BCUT2D eigenvalue weighted by atomic mass is 35.5. The SMILES string of the molecule is CCN(C(=O)COC(=O)c1cc(S(C)(=O)=O)ccc1Cl)c1ccc(F)cc1. The number of carbonyl (C=O) groups excluding carboxylic acids is 2. The second-order valence-corrected chi connectivity index (χ2v) is 8.03. The number of anilines is 1. The molecule has 144 valence electrons. The average Bonchev–Trinajstić information content (AvgIpc) is 2.61. The second-order valence-electron chi connectivity index (χ2n) is 5.60. The number of nitrogens with zero attached hydrogens (tertiary/aromatic N) is 1. The van der Waals surface area contributed by atoms with Crippen LogP contribution in [0.4, 0.5) is 10.1 Å². The molecule has 0 fully saturated rings. The quantitative estimate of drug-likeness (QED) is 0.680. The fraction of sp³-hybridized carbons (Fsp3) is 0.222. The fourth-order valence-electron chi connectivity index (χ4n) is 2.30. The molecule has 2 aromatic rings. The van der Waals surface area contributed by atoms with Gasteiger partial charge in [0.15, 0.2) is 16.4 Å². The first-order valence-electron chi connectivity index (χ1n) is 7.86. The van der Waals surface area contributed by atoms with Crippen LogP contribution in [0.25, 0.3) is 0 Å². The van der Waals surface area contributed by atoms with E-state index in [-0.39, 0.29) is 22.0 Å². The number of amides is 1. The van der Waals surface area contributed by atoms with Crippen LogP contribution < -0.4 is 4.90 Å². The molecule has 0 heterocycles. The third-order valence-corrected chi connectivity index (χ3v) is 5.11. The molecule has 0 aliphatic carbocycles. The van der Waals surface area contributed by atoms with E-state index < -0.39 is 34.1 Å². The van der Waals surface area contributed by atoms with Crippen molar-refractivity contribution in [3.05, 3.63) is 58.9 Å². The van der Waals surface area contributed by atoms with E-state index in [1.807, 2.05) is 0 Å². The lowest BCUT2D eigenvalue weighted by molar-refractivity contribution is -0.121. The predicted molar refractivity (Wildman–Crippen MR) is 99.3 cm³/mol. The predicted octanol–water partition coefficient (Wildman–Crippen LogP) is 3.09. The van der Waals surface area contributed by atoms with Crippen molar-refractivity contribution in [3.63, 3.8) is 0 Å². The summed E-state index contributed by atoms with van der Waals surface area (Å²) in [6.45, 7) is 1.42. The van der Waals surface area contributed by atoms with Crippen LogP contribution >= 0.6 is 11.6 Å². The first kappa shape index (κ1) is 20.9. The molecule has 0 radical (unpaired) electrons. The van der Waals surface area contributed by atoms with Crippen LogP contribution in [0.1, 0.15) is 17.3 Å². The van der Waals surface area contributed by atoms with Gasteiger partial charge in [-0.1, -0.05) is 11.6 Å². The Kier molecular flexibility index (Phi) is 6.56. The minimum atomic E-state index is -3.54. The third kappa shape index (κ3) is 5.27. The summed E-state index contributed by atoms with van der Waals surface area (Å²) in [6.07, 6.45) is 0.997. The molecular weight excluding hydrogens is 397 g/mol. The highest BCUT2D eigenvalue weighted by molar-refractivity contribution is 7.90. The number of sulfone groups is 1. The molecule has 0 saturated heterocycles. The highest BCUT2D eigenvalue weighted by Crippen LogP contribution is 2.22. The lowest BCUT2D eigenvalue weighted by atomic mass is 10.2. The molecule has 27 heavy (non-hydrogen) atoms. The van der Waals surface area contributed by atoms with Crippen molar-refractivity contribution in [1.82, 2.24) is 0 Å². The molecule has 1 amide bonds. The Balaban J connectivity index is 2.12. The zero-order valence-corrected chi connectivity index (χ0v) is 16.2. The Morgan fingerprint density at radius 2 is 1.78 bits per heavy atom. The number of likely N-dealkylation sites (N-methyl/N-ethyl adjacent to an activating group) is 1. The Morgan fingerprint density at radius 1 is 1.15 bits per heavy atom. The smallest absolute Gasteiger partial charge is 0.340 e. The topological polar surface area (TPSA) is 80.8 Å². The van der Waals surface area contributed by atoms with Gasteiger partial charge in [-0.15, -0.1) is 0 Å². The van der Waals surface area contributed by atoms with E-state index in [2.05, 4.69) is 0 Å². The molecule has 0 spiro atoms. The molecule has 0 saturated carbocycles. The van der Waals surface area contributed by atoms with E-state index >= 15 is 0 Å². The first-order chi connectivity index (χ1) is 12.6. The molecule has 0 bridgehead atoms. The Bertz CT molecular complexity index is 960. The summed E-state index contributed by atoms with van der Waals surface area (Å²) >= 11 is 5.93. The van der Waals surface area contributed by atoms with Gasteiger partial charge in [-0.2, -0.15) is 0 Å². The van der Waals surface area contributed by atoms with E-state index in [0.29, 0.717) is 5.69 Å². The van der Waals surface area contributed by atoms with E-state index in [0.717, 1.165) is 12.3 Å². The number of rotatable bonds is 6. The molecule has 6 nitrogen and oxygen atoms in total. The van der Waals surface area contributed by atoms with E-state index in [4.69, 9.17) is 16.3 Å². The summed E-state index contributed by atoms with van der Waals surface area (Å²) in [7, 11) is -3.54. The lowest BCUT2D eigenvalue weighted by Crippen LogP contribution is -2.34. The zero-order valence-electron chi connectivity index (χ0n) is 14.6. The van der Waals surface area contributed by atoms with Crippen LogP contribution in [-0.4, -0.2) is 39.7 Å². The molecule has 2 aromatic carbocycles. The van der Waals surface area contributed by atoms with E-state index in [9.17, 15) is 22.4 Å². The largest absolute Gasteiger partial charge is 0.452 e. The molecule has 0 unspecified atom stereocenters. The summed E-state index contributed by atoms with van der Waals surface area (Å²) in [5.74, 6) is -1.88. The number of carbonyl (C=O) groups is 2. The highest BCUT2D eigenvalue weighted by Gasteiger charge is 2.20. The van der Waals surface area contributed by atoms with Crippen LogP contribution in [0.15, 0.2) is 47.4 Å². The number of ether oxygens (including phenoxy) is 1. The number of hydrogen-bond acceptors (Lipinski definition) is 5.